The molecule has 16 heavy (non-hydrogen) atoms. The van der Waals surface area contributed by atoms with E-state index in [1.54, 1.807) is 13.2 Å². The van der Waals surface area contributed by atoms with Gasteiger partial charge >= 0.3 is 0 Å². The van der Waals surface area contributed by atoms with Gasteiger partial charge in [0.2, 0.25) is 0 Å². The molecule has 0 bridgehead atoms. The van der Waals surface area contributed by atoms with Crippen LogP contribution >= 0.6 is 0 Å². The van der Waals surface area contributed by atoms with Gasteiger partial charge in [-0.25, -0.2) is 0 Å². The van der Waals surface area contributed by atoms with Crippen LogP contribution in [-0.2, 0) is 5.41 Å². The van der Waals surface area contributed by atoms with Gasteiger partial charge in [0.15, 0.2) is 0 Å². The molecule has 1 aromatic carbocycles. The lowest BCUT2D eigenvalue weighted by molar-refractivity contribution is 0.112. The first kappa shape index (κ1) is 11.1. The van der Waals surface area contributed by atoms with Crippen LogP contribution in [0.2, 0.25) is 0 Å². The van der Waals surface area contributed by atoms with Crippen LogP contribution in [0.1, 0.15) is 35.7 Å². The predicted octanol–water partition coefficient (Wildman–Crippen LogP) is 1.89. The third kappa shape index (κ3) is 1.61. The fourth-order valence-corrected chi connectivity index (χ4v) is 2.32. The van der Waals surface area contributed by atoms with Crippen molar-refractivity contribution in [2.24, 2.45) is 5.73 Å². The van der Waals surface area contributed by atoms with Crippen LogP contribution in [0.15, 0.2) is 18.2 Å². The van der Waals surface area contributed by atoms with Crippen LogP contribution < -0.4 is 10.5 Å². The first-order valence-electron chi connectivity index (χ1n) is 5.53. The molecule has 0 heterocycles. The molecule has 1 aromatic rings. The minimum Gasteiger partial charge on any atom is -0.497 e. The highest BCUT2D eigenvalue weighted by Crippen LogP contribution is 2.51. The fraction of sp³-hybridized carbons (Fsp3) is 0.462. The van der Waals surface area contributed by atoms with E-state index in [-0.39, 0.29) is 11.5 Å². The normalized spacial score (nSPS) is 18.9. The molecule has 1 aliphatic rings. The van der Waals surface area contributed by atoms with Gasteiger partial charge in [0.05, 0.1) is 7.11 Å². The first-order valence-corrected chi connectivity index (χ1v) is 5.53. The van der Waals surface area contributed by atoms with Gasteiger partial charge in [-0.1, -0.05) is 6.07 Å². The highest BCUT2D eigenvalue weighted by atomic mass is 16.5. The summed E-state index contributed by atoms with van der Waals surface area (Å²) in [6.45, 7) is 2.01. The molecule has 0 spiro atoms. The third-order valence-corrected chi connectivity index (χ3v) is 3.58. The lowest BCUT2D eigenvalue weighted by atomic mass is 9.86. The number of hydrogen-bond donors (Lipinski definition) is 1. The molecular weight excluding hydrogens is 202 g/mol. The lowest BCUT2D eigenvalue weighted by Gasteiger charge is -2.22. The zero-order valence-electron chi connectivity index (χ0n) is 9.69. The highest BCUT2D eigenvalue weighted by Gasteiger charge is 2.48. The smallest absolute Gasteiger partial charge is 0.150 e. The van der Waals surface area contributed by atoms with E-state index in [1.807, 2.05) is 19.1 Å². The van der Waals surface area contributed by atoms with Crippen molar-refractivity contribution in [3.8, 4) is 5.75 Å². The quantitative estimate of drug-likeness (QED) is 0.787. The van der Waals surface area contributed by atoms with Crippen molar-refractivity contribution in [3.63, 3.8) is 0 Å². The summed E-state index contributed by atoms with van der Waals surface area (Å²) < 4.78 is 5.12. The topological polar surface area (TPSA) is 52.3 Å². The molecule has 1 aliphatic carbocycles. The van der Waals surface area contributed by atoms with Gasteiger partial charge < -0.3 is 10.5 Å². The highest BCUT2D eigenvalue weighted by molar-refractivity contribution is 5.79. The Labute approximate surface area is 95.6 Å². The van der Waals surface area contributed by atoms with E-state index in [1.165, 1.54) is 0 Å². The average Bonchev–Trinajstić information content (AvgIpc) is 3.09. The second kappa shape index (κ2) is 3.91. The predicted molar refractivity (Wildman–Crippen MR) is 62.9 cm³/mol. The number of methoxy groups -OCH3 is 1. The van der Waals surface area contributed by atoms with E-state index >= 15 is 0 Å². The maximum Gasteiger partial charge on any atom is 0.150 e. The standard InChI is InChI=1S/C13H17NO2/c1-9(14)13(5-6-13)12-4-3-11(16-2)7-10(12)8-15/h3-4,7-9H,5-6,14H2,1-2H3. The number of carbonyl (C=O) groups excluding carboxylic acids is 1. The Morgan fingerprint density at radius 3 is 2.62 bits per heavy atom. The molecule has 2 N–H and O–H groups in total. The van der Waals surface area contributed by atoms with Crippen molar-refractivity contribution in [2.75, 3.05) is 7.11 Å². The number of aldehydes is 1. The molecule has 0 radical (unpaired) electrons. The Morgan fingerprint density at radius 2 is 2.19 bits per heavy atom. The number of nitrogens with two attached hydrogens (primary N) is 1. The average molecular weight is 219 g/mol. The van der Waals surface area contributed by atoms with Gasteiger partial charge in [-0.2, -0.15) is 0 Å². The van der Waals surface area contributed by atoms with Crippen molar-refractivity contribution in [3.05, 3.63) is 29.3 Å². The third-order valence-electron chi connectivity index (χ3n) is 3.58. The van der Waals surface area contributed by atoms with E-state index < -0.39 is 0 Å². The number of ether oxygens (including phenoxy) is 1. The zero-order chi connectivity index (χ0) is 11.8. The molecule has 3 nitrogen and oxygen atoms in total. The van der Waals surface area contributed by atoms with Crippen LogP contribution in [0.3, 0.4) is 0 Å². The summed E-state index contributed by atoms with van der Waals surface area (Å²) in [5.74, 6) is 0.714. The summed E-state index contributed by atoms with van der Waals surface area (Å²) in [5, 5.41) is 0. The molecule has 0 saturated heterocycles. The lowest BCUT2D eigenvalue weighted by Crippen LogP contribution is -2.32. The number of rotatable bonds is 4. The molecule has 0 aliphatic heterocycles. The Balaban J connectivity index is 2.45. The summed E-state index contributed by atoms with van der Waals surface area (Å²) in [6.07, 6.45) is 3.02. The van der Waals surface area contributed by atoms with E-state index in [4.69, 9.17) is 10.5 Å². The van der Waals surface area contributed by atoms with Gasteiger partial charge in [0.25, 0.3) is 0 Å². The van der Waals surface area contributed by atoms with Crippen LogP contribution in [0.25, 0.3) is 0 Å². The van der Waals surface area contributed by atoms with Crippen molar-refractivity contribution >= 4 is 6.29 Å². The number of benzene rings is 1. The van der Waals surface area contributed by atoms with Crippen molar-refractivity contribution in [1.29, 1.82) is 0 Å². The van der Waals surface area contributed by atoms with E-state index in [0.29, 0.717) is 11.3 Å². The Hall–Kier alpha value is -1.35. The SMILES string of the molecule is COc1ccc(C2(C(C)N)CC2)c(C=O)c1. The zero-order valence-corrected chi connectivity index (χ0v) is 9.69. The molecule has 1 fully saturated rings. The molecule has 3 heteroatoms. The van der Waals surface area contributed by atoms with Crippen molar-refractivity contribution in [1.82, 2.24) is 0 Å². The Bertz CT molecular complexity index is 408. The Morgan fingerprint density at radius 1 is 1.50 bits per heavy atom. The largest absolute Gasteiger partial charge is 0.497 e. The van der Waals surface area contributed by atoms with Crippen molar-refractivity contribution in [2.45, 2.75) is 31.2 Å². The summed E-state index contributed by atoms with van der Waals surface area (Å²) in [6, 6.07) is 5.73. The van der Waals surface area contributed by atoms with Gasteiger partial charge in [0.1, 0.15) is 12.0 Å². The van der Waals surface area contributed by atoms with Crippen LogP contribution in [0, 0.1) is 0 Å². The molecule has 0 aromatic heterocycles. The van der Waals surface area contributed by atoms with Crippen LogP contribution in [0.5, 0.6) is 5.75 Å². The molecule has 1 unspecified atom stereocenters. The summed E-state index contributed by atoms with van der Waals surface area (Å²) in [5.41, 5.74) is 7.80. The molecule has 0 amide bonds. The maximum absolute atomic E-state index is 11.1. The minimum absolute atomic E-state index is 0.0164. The second-order valence-electron chi connectivity index (χ2n) is 4.52. The first-order chi connectivity index (χ1) is 7.64. The summed E-state index contributed by atoms with van der Waals surface area (Å²) in [4.78, 5) is 11.1. The summed E-state index contributed by atoms with van der Waals surface area (Å²) >= 11 is 0. The number of hydrogen-bond acceptors (Lipinski definition) is 3. The summed E-state index contributed by atoms with van der Waals surface area (Å²) in [7, 11) is 1.60. The monoisotopic (exact) mass is 219 g/mol. The molecule has 86 valence electrons. The molecular formula is C13H17NO2. The Kier molecular flexibility index (Phi) is 2.72. The molecule has 2 rings (SSSR count). The van der Waals surface area contributed by atoms with E-state index in [9.17, 15) is 4.79 Å². The second-order valence-corrected chi connectivity index (χ2v) is 4.52. The minimum atomic E-state index is 0.0164. The maximum atomic E-state index is 11.1. The molecule has 1 saturated carbocycles. The van der Waals surface area contributed by atoms with Crippen LogP contribution in [0.4, 0.5) is 0 Å². The van der Waals surface area contributed by atoms with Gasteiger partial charge in [-0.05, 0) is 37.5 Å². The van der Waals surface area contributed by atoms with Crippen LogP contribution in [-0.4, -0.2) is 19.4 Å². The van der Waals surface area contributed by atoms with Gasteiger partial charge in [0, 0.05) is 17.0 Å². The van der Waals surface area contributed by atoms with E-state index in [0.717, 1.165) is 24.7 Å². The van der Waals surface area contributed by atoms with Gasteiger partial charge in [-0.3, -0.25) is 4.79 Å². The van der Waals surface area contributed by atoms with Gasteiger partial charge in [-0.15, -0.1) is 0 Å². The van der Waals surface area contributed by atoms with E-state index in [2.05, 4.69) is 0 Å². The fourth-order valence-electron chi connectivity index (χ4n) is 2.32. The van der Waals surface area contributed by atoms with Crippen molar-refractivity contribution < 1.29 is 9.53 Å². The number of carbonyl (C=O) groups is 1. The molecule has 1 atom stereocenters.